The van der Waals surface area contributed by atoms with E-state index >= 15 is 0 Å². The van der Waals surface area contributed by atoms with E-state index < -0.39 is 10.5 Å². The Bertz CT molecular complexity index is 930. The van der Waals surface area contributed by atoms with Crippen LogP contribution in [-0.2, 0) is 13.0 Å². The molecule has 1 heterocycles. The van der Waals surface area contributed by atoms with Crippen LogP contribution >= 0.6 is 35.0 Å². The molecule has 1 atom stereocenters. The third-order valence-corrected chi connectivity index (χ3v) is 7.01. The molecule has 0 radical (unpaired) electrons. The lowest BCUT2D eigenvalue weighted by Gasteiger charge is -2.33. The van der Waals surface area contributed by atoms with Crippen LogP contribution in [-0.4, -0.2) is 30.3 Å². The van der Waals surface area contributed by atoms with Gasteiger partial charge in [0.1, 0.15) is 11.9 Å². The van der Waals surface area contributed by atoms with Crippen LogP contribution in [0.3, 0.4) is 0 Å². The van der Waals surface area contributed by atoms with Crippen molar-refractivity contribution in [2.45, 2.75) is 46.3 Å². The maximum atomic E-state index is 11.6. The van der Waals surface area contributed by atoms with Gasteiger partial charge in [-0.25, -0.2) is 9.67 Å². The maximum Gasteiger partial charge on any atom is 0.191 e. The summed E-state index contributed by atoms with van der Waals surface area (Å²) in [5.74, 6) is 0. The Morgan fingerprint density at radius 1 is 1.11 bits per heavy atom. The first-order valence-electron chi connectivity index (χ1n) is 8.75. The van der Waals surface area contributed by atoms with Gasteiger partial charge in [-0.05, 0) is 36.6 Å². The van der Waals surface area contributed by atoms with E-state index in [4.69, 9.17) is 23.2 Å². The summed E-state index contributed by atoms with van der Waals surface area (Å²) in [6.07, 6.45) is 3.41. The summed E-state index contributed by atoms with van der Waals surface area (Å²) >= 11 is 14.6. The summed E-state index contributed by atoms with van der Waals surface area (Å²) in [6.45, 7) is 0.261. The molecule has 1 aliphatic carbocycles. The largest absolute Gasteiger partial charge is 0.386 e. The highest BCUT2D eigenvalue weighted by molar-refractivity contribution is 7.99. The first kappa shape index (κ1) is 18.8. The first-order chi connectivity index (χ1) is 13.0. The molecule has 140 valence electrons. The second-order valence-corrected chi connectivity index (χ2v) is 9.05. The molecule has 1 N–H and O–H groups in total. The molecule has 3 aromatic rings. The molecule has 1 fully saturated rings. The molecule has 27 heavy (non-hydrogen) atoms. The summed E-state index contributed by atoms with van der Waals surface area (Å²) < 4.78 is 1.73. The van der Waals surface area contributed by atoms with Crippen molar-refractivity contribution in [1.29, 1.82) is 0 Å². The topological polar surface area (TPSA) is 50.9 Å². The van der Waals surface area contributed by atoms with E-state index in [1.807, 2.05) is 54.6 Å². The summed E-state index contributed by atoms with van der Waals surface area (Å²) in [6, 6.07) is 17.5. The van der Waals surface area contributed by atoms with Gasteiger partial charge in [0, 0.05) is 16.3 Å². The zero-order valence-corrected chi connectivity index (χ0v) is 16.9. The third kappa shape index (κ3) is 4.02. The number of nitrogens with zero attached hydrogens (tertiary/aromatic N) is 3. The minimum Gasteiger partial charge on any atom is -0.386 e. The van der Waals surface area contributed by atoms with E-state index in [0.717, 1.165) is 28.5 Å². The number of hydrogen-bond donors (Lipinski definition) is 1. The quantitative estimate of drug-likeness (QED) is 0.557. The van der Waals surface area contributed by atoms with Crippen LogP contribution in [0.2, 0.25) is 5.02 Å². The van der Waals surface area contributed by atoms with Gasteiger partial charge in [0.15, 0.2) is 5.16 Å². The number of alkyl halides is 1. The highest BCUT2D eigenvalue weighted by Gasteiger charge is 2.58. The van der Waals surface area contributed by atoms with Crippen molar-refractivity contribution in [2.24, 2.45) is 0 Å². The summed E-state index contributed by atoms with van der Waals surface area (Å²) in [5, 5.41) is 17.3. The molecule has 0 amide bonds. The maximum absolute atomic E-state index is 11.6. The van der Waals surface area contributed by atoms with Crippen molar-refractivity contribution in [3.8, 4) is 0 Å². The summed E-state index contributed by atoms with van der Waals surface area (Å²) in [5.41, 5.74) is -0.287. The molecule has 1 aliphatic rings. The highest BCUT2D eigenvalue weighted by atomic mass is 35.5. The van der Waals surface area contributed by atoms with Gasteiger partial charge in [-0.1, -0.05) is 59.8 Å². The van der Waals surface area contributed by atoms with Crippen LogP contribution in [0.5, 0.6) is 0 Å². The molecule has 2 aromatic carbocycles. The molecule has 0 bridgehead atoms. The number of hydrogen-bond acceptors (Lipinski definition) is 4. The monoisotopic (exact) mass is 419 g/mol. The Morgan fingerprint density at radius 2 is 1.81 bits per heavy atom. The van der Waals surface area contributed by atoms with Gasteiger partial charge in [0.2, 0.25) is 0 Å². The van der Waals surface area contributed by atoms with Crippen LogP contribution in [0.1, 0.15) is 18.4 Å². The predicted molar refractivity (Wildman–Crippen MR) is 109 cm³/mol. The van der Waals surface area contributed by atoms with Crippen LogP contribution in [0.4, 0.5) is 0 Å². The van der Waals surface area contributed by atoms with Gasteiger partial charge in [-0.15, -0.1) is 11.6 Å². The normalized spacial score (nSPS) is 17.4. The number of rotatable bonds is 7. The van der Waals surface area contributed by atoms with Gasteiger partial charge in [-0.2, -0.15) is 5.10 Å². The molecule has 4 nitrogen and oxygen atoms in total. The van der Waals surface area contributed by atoms with E-state index in [1.165, 1.54) is 18.1 Å². The lowest BCUT2D eigenvalue weighted by Crippen LogP contribution is -2.47. The van der Waals surface area contributed by atoms with E-state index in [2.05, 4.69) is 10.1 Å². The van der Waals surface area contributed by atoms with Crippen molar-refractivity contribution >= 4 is 35.0 Å². The van der Waals surface area contributed by atoms with Gasteiger partial charge < -0.3 is 5.11 Å². The molecule has 7 heteroatoms. The van der Waals surface area contributed by atoms with Gasteiger partial charge in [0.05, 0.1) is 11.4 Å². The Labute approximate surface area is 172 Å². The van der Waals surface area contributed by atoms with E-state index in [9.17, 15) is 5.11 Å². The Balaban J connectivity index is 1.60. The van der Waals surface area contributed by atoms with E-state index in [-0.39, 0.29) is 6.54 Å². The first-order valence-corrected chi connectivity index (χ1v) is 10.3. The number of aromatic nitrogens is 3. The predicted octanol–water partition coefficient (Wildman–Crippen LogP) is 4.83. The fraction of sp³-hybridized carbons (Fsp3) is 0.300. The van der Waals surface area contributed by atoms with Crippen molar-refractivity contribution < 1.29 is 5.11 Å². The lowest BCUT2D eigenvalue weighted by molar-refractivity contribution is 0.00526. The number of benzene rings is 2. The molecule has 1 unspecified atom stereocenters. The van der Waals surface area contributed by atoms with Crippen molar-refractivity contribution in [3.05, 3.63) is 71.5 Å². The van der Waals surface area contributed by atoms with E-state index in [1.54, 1.807) is 4.68 Å². The smallest absolute Gasteiger partial charge is 0.191 e. The standard InChI is InChI=1S/C20H19Cl2N3OS/c21-17-9-5-4-6-15(17)12-20(26,19(22)10-11-19)13-25-18(23-14-24-25)27-16-7-2-1-3-8-16/h1-9,14,26H,10-13H2. The van der Waals surface area contributed by atoms with Gasteiger partial charge in [-0.3, -0.25) is 0 Å². The SMILES string of the molecule is OC(Cc1ccccc1Cl)(Cn1ncnc1Sc1ccccc1)C1(Cl)CC1. The molecular formula is C20H19Cl2N3OS. The molecule has 0 aliphatic heterocycles. The van der Waals surface area contributed by atoms with Crippen LogP contribution in [0, 0.1) is 0 Å². The lowest BCUT2D eigenvalue weighted by atomic mass is 9.89. The second kappa shape index (κ2) is 7.47. The highest BCUT2D eigenvalue weighted by Crippen LogP contribution is 2.53. The zero-order chi connectivity index (χ0) is 18.9. The molecule has 1 aromatic heterocycles. The molecular weight excluding hydrogens is 401 g/mol. The second-order valence-electron chi connectivity index (χ2n) is 6.88. The summed E-state index contributed by atoms with van der Waals surface area (Å²) in [4.78, 5) is 4.76. The van der Waals surface area contributed by atoms with Crippen LogP contribution in [0.15, 0.2) is 71.0 Å². The van der Waals surface area contributed by atoms with Crippen molar-refractivity contribution in [3.63, 3.8) is 0 Å². The van der Waals surface area contributed by atoms with E-state index in [0.29, 0.717) is 11.4 Å². The Hall–Kier alpha value is -1.53. The Morgan fingerprint density at radius 3 is 2.52 bits per heavy atom. The molecule has 0 spiro atoms. The molecule has 4 rings (SSSR count). The Kier molecular flexibility index (Phi) is 5.21. The third-order valence-electron chi connectivity index (χ3n) is 4.91. The van der Waals surface area contributed by atoms with Gasteiger partial charge >= 0.3 is 0 Å². The molecule has 1 saturated carbocycles. The minimum absolute atomic E-state index is 0.261. The summed E-state index contributed by atoms with van der Waals surface area (Å²) in [7, 11) is 0. The average Bonchev–Trinajstić information content (AvgIpc) is 3.29. The van der Waals surface area contributed by atoms with Gasteiger partial charge in [0.25, 0.3) is 0 Å². The fourth-order valence-electron chi connectivity index (χ4n) is 3.17. The van der Waals surface area contributed by atoms with Crippen molar-refractivity contribution in [1.82, 2.24) is 14.8 Å². The fourth-order valence-corrected chi connectivity index (χ4v) is 4.42. The average molecular weight is 420 g/mol. The number of aliphatic hydroxyl groups is 1. The van der Waals surface area contributed by atoms with Crippen molar-refractivity contribution in [2.75, 3.05) is 0 Å². The zero-order valence-electron chi connectivity index (χ0n) is 14.6. The minimum atomic E-state index is -1.17. The molecule has 0 saturated heterocycles. The van der Waals surface area contributed by atoms with Crippen LogP contribution < -0.4 is 0 Å². The number of halogens is 2. The van der Waals surface area contributed by atoms with Crippen LogP contribution in [0.25, 0.3) is 0 Å².